The van der Waals surface area contributed by atoms with Crippen LogP contribution in [0.15, 0.2) is 70.3 Å². The van der Waals surface area contributed by atoms with Gasteiger partial charge >= 0.3 is 5.91 Å². The van der Waals surface area contributed by atoms with E-state index in [1.807, 2.05) is 54.7 Å². The molecule has 5 nitrogen and oxygen atoms in total. The predicted molar refractivity (Wildman–Crippen MR) is 89.6 cm³/mol. The molecular formula is C18H13N3O2. The molecule has 0 saturated heterocycles. The van der Waals surface area contributed by atoms with E-state index in [-0.39, 0.29) is 11.7 Å². The first kappa shape index (κ1) is 13.3. The second-order valence-electron chi connectivity index (χ2n) is 5.14. The standard InChI is InChI=1S/C18H13N3O2/c22-18(17-9-12-5-1-4-8-16(12)23-17)21-20-11-13-10-19-15-7-3-2-6-14(13)15/h1-11,19H,(H,21,22)/b20-11-. The number of hydrazone groups is 1. The van der Waals surface area contributed by atoms with E-state index in [4.69, 9.17) is 4.42 Å². The SMILES string of the molecule is O=C(N/N=C\c1c[nH]c2ccccc12)c1cc2ccccc2o1. The molecule has 1 amide bonds. The van der Waals surface area contributed by atoms with Crippen LogP contribution in [0.3, 0.4) is 0 Å². The van der Waals surface area contributed by atoms with Gasteiger partial charge in [0.25, 0.3) is 0 Å². The summed E-state index contributed by atoms with van der Waals surface area (Å²) in [5, 5.41) is 5.94. The van der Waals surface area contributed by atoms with Gasteiger partial charge in [0.2, 0.25) is 0 Å². The van der Waals surface area contributed by atoms with Crippen molar-refractivity contribution in [1.29, 1.82) is 0 Å². The Labute approximate surface area is 131 Å². The van der Waals surface area contributed by atoms with Gasteiger partial charge in [-0.15, -0.1) is 0 Å². The van der Waals surface area contributed by atoms with Crippen LogP contribution in [0.4, 0.5) is 0 Å². The number of fused-ring (bicyclic) bond motifs is 2. The van der Waals surface area contributed by atoms with E-state index in [0.29, 0.717) is 5.58 Å². The molecule has 0 spiro atoms. The van der Waals surface area contributed by atoms with Gasteiger partial charge in [-0.25, -0.2) is 5.43 Å². The summed E-state index contributed by atoms with van der Waals surface area (Å²) >= 11 is 0. The Bertz CT molecular complexity index is 994. The normalized spacial score (nSPS) is 11.5. The summed E-state index contributed by atoms with van der Waals surface area (Å²) in [6.45, 7) is 0. The molecule has 0 radical (unpaired) electrons. The van der Waals surface area contributed by atoms with Crippen molar-refractivity contribution in [3.63, 3.8) is 0 Å². The maximum absolute atomic E-state index is 12.1. The highest BCUT2D eigenvalue weighted by atomic mass is 16.3. The topological polar surface area (TPSA) is 70.4 Å². The van der Waals surface area contributed by atoms with Gasteiger partial charge in [0.15, 0.2) is 5.76 Å². The van der Waals surface area contributed by atoms with Crippen molar-refractivity contribution in [2.24, 2.45) is 5.10 Å². The van der Waals surface area contributed by atoms with Gasteiger partial charge in [0.1, 0.15) is 5.58 Å². The molecule has 0 bridgehead atoms. The Balaban J connectivity index is 1.52. The molecule has 112 valence electrons. The molecule has 4 rings (SSSR count). The molecule has 2 heterocycles. The van der Waals surface area contributed by atoms with Crippen LogP contribution in [0.2, 0.25) is 0 Å². The number of rotatable bonds is 3. The number of hydrogen-bond donors (Lipinski definition) is 2. The number of para-hydroxylation sites is 2. The fourth-order valence-corrected chi connectivity index (χ4v) is 2.51. The van der Waals surface area contributed by atoms with E-state index in [1.54, 1.807) is 12.3 Å². The summed E-state index contributed by atoms with van der Waals surface area (Å²) in [6, 6.07) is 17.1. The van der Waals surface area contributed by atoms with Crippen LogP contribution < -0.4 is 5.43 Å². The average Bonchev–Trinajstić information content (AvgIpc) is 3.19. The molecule has 4 aromatic rings. The van der Waals surface area contributed by atoms with E-state index in [0.717, 1.165) is 21.9 Å². The van der Waals surface area contributed by atoms with Crippen LogP contribution in [0.5, 0.6) is 0 Å². The van der Waals surface area contributed by atoms with Crippen molar-refractivity contribution >= 4 is 34.0 Å². The molecule has 0 saturated carbocycles. The van der Waals surface area contributed by atoms with Crippen LogP contribution >= 0.6 is 0 Å². The summed E-state index contributed by atoms with van der Waals surface area (Å²) in [7, 11) is 0. The van der Waals surface area contributed by atoms with Gasteiger partial charge in [-0.2, -0.15) is 5.10 Å². The van der Waals surface area contributed by atoms with Gasteiger partial charge in [-0.05, 0) is 18.2 Å². The molecule has 2 aromatic carbocycles. The summed E-state index contributed by atoms with van der Waals surface area (Å²) in [6.07, 6.45) is 3.46. The summed E-state index contributed by atoms with van der Waals surface area (Å²) in [5.41, 5.74) is 5.10. The van der Waals surface area contributed by atoms with Crippen molar-refractivity contribution in [2.45, 2.75) is 0 Å². The summed E-state index contributed by atoms with van der Waals surface area (Å²) in [4.78, 5) is 15.2. The first-order valence-electron chi connectivity index (χ1n) is 7.19. The van der Waals surface area contributed by atoms with E-state index in [9.17, 15) is 4.79 Å². The van der Waals surface area contributed by atoms with Crippen molar-refractivity contribution < 1.29 is 9.21 Å². The molecule has 0 aliphatic carbocycles. The van der Waals surface area contributed by atoms with Crippen LogP contribution in [0.1, 0.15) is 16.1 Å². The van der Waals surface area contributed by atoms with Gasteiger partial charge in [-0.1, -0.05) is 36.4 Å². The number of nitrogens with one attached hydrogen (secondary N) is 2. The van der Waals surface area contributed by atoms with E-state index < -0.39 is 0 Å². The second-order valence-corrected chi connectivity index (χ2v) is 5.14. The van der Waals surface area contributed by atoms with Gasteiger partial charge in [0.05, 0.1) is 6.21 Å². The number of nitrogens with zero attached hydrogens (tertiary/aromatic N) is 1. The van der Waals surface area contributed by atoms with Crippen molar-refractivity contribution in [2.75, 3.05) is 0 Å². The lowest BCUT2D eigenvalue weighted by Gasteiger charge is -1.95. The molecule has 0 aliphatic heterocycles. The summed E-state index contributed by atoms with van der Waals surface area (Å²) in [5.74, 6) is -0.139. The fourth-order valence-electron chi connectivity index (χ4n) is 2.51. The zero-order valence-corrected chi connectivity index (χ0v) is 12.1. The number of H-pyrrole nitrogens is 1. The van der Waals surface area contributed by atoms with Gasteiger partial charge < -0.3 is 9.40 Å². The zero-order valence-electron chi connectivity index (χ0n) is 12.1. The first-order chi connectivity index (χ1) is 11.3. The van der Waals surface area contributed by atoms with Crippen LogP contribution in [0.25, 0.3) is 21.9 Å². The molecule has 5 heteroatoms. The largest absolute Gasteiger partial charge is 0.451 e. The highest BCUT2D eigenvalue weighted by molar-refractivity contribution is 6.00. The second kappa shape index (κ2) is 5.46. The van der Waals surface area contributed by atoms with Crippen molar-refractivity contribution in [3.05, 3.63) is 72.1 Å². The van der Waals surface area contributed by atoms with E-state index in [2.05, 4.69) is 15.5 Å². The van der Waals surface area contributed by atoms with Crippen LogP contribution in [0, 0.1) is 0 Å². The molecule has 2 N–H and O–H groups in total. The third-order valence-electron chi connectivity index (χ3n) is 3.64. The number of aromatic amines is 1. The fraction of sp³-hybridized carbons (Fsp3) is 0. The molecule has 0 aliphatic rings. The predicted octanol–water partition coefficient (Wildman–Crippen LogP) is 3.68. The molecular weight excluding hydrogens is 290 g/mol. The highest BCUT2D eigenvalue weighted by Crippen LogP contribution is 2.18. The number of aromatic nitrogens is 1. The van der Waals surface area contributed by atoms with Crippen LogP contribution in [-0.4, -0.2) is 17.1 Å². The Morgan fingerprint density at radius 1 is 1.13 bits per heavy atom. The Morgan fingerprint density at radius 3 is 2.87 bits per heavy atom. The monoisotopic (exact) mass is 303 g/mol. The smallest absolute Gasteiger partial charge is 0.307 e. The lowest BCUT2D eigenvalue weighted by atomic mass is 10.2. The van der Waals surface area contributed by atoms with Crippen molar-refractivity contribution in [3.8, 4) is 0 Å². The minimum absolute atomic E-state index is 0.238. The summed E-state index contributed by atoms with van der Waals surface area (Å²) < 4.78 is 5.50. The van der Waals surface area contributed by atoms with Crippen LogP contribution in [-0.2, 0) is 0 Å². The third-order valence-corrected chi connectivity index (χ3v) is 3.64. The van der Waals surface area contributed by atoms with E-state index >= 15 is 0 Å². The quantitative estimate of drug-likeness (QED) is 0.448. The third kappa shape index (κ3) is 2.48. The molecule has 0 atom stereocenters. The Morgan fingerprint density at radius 2 is 1.96 bits per heavy atom. The maximum Gasteiger partial charge on any atom is 0.307 e. The molecule has 2 aromatic heterocycles. The van der Waals surface area contributed by atoms with Crippen molar-refractivity contribution in [1.82, 2.24) is 10.4 Å². The van der Waals surface area contributed by atoms with Gasteiger partial charge in [0, 0.05) is 28.0 Å². The molecule has 23 heavy (non-hydrogen) atoms. The zero-order chi connectivity index (χ0) is 15.6. The highest BCUT2D eigenvalue weighted by Gasteiger charge is 2.11. The minimum Gasteiger partial charge on any atom is -0.451 e. The minimum atomic E-state index is -0.378. The number of carbonyl (C=O) groups is 1. The Kier molecular flexibility index (Phi) is 3.16. The first-order valence-corrected chi connectivity index (χ1v) is 7.19. The lowest BCUT2D eigenvalue weighted by molar-refractivity contribution is 0.0929. The average molecular weight is 303 g/mol. The number of benzene rings is 2. The number of furan rings is 1. The molecule has 0 fully saturated rings. The number of hydrogen-bond acceptors (Lipinski definition) is 3. The number of amides is 1. The lowest BCUT2D eigenvalue weighted by Crippen LogP contribution is -2.16. The molecule has 0 unspecified atom stereocenters. The number of carbonyl (C=O) groups excluding carboxylic acids is 1. The van der Waals surface area contributed by atoms with Gasteiger partial charge in [-0.3, -0.25) is 4.79 Å². The maximum atomic E-state index is 12.1. The Hall–Kier alpha value is -3.34. The van der Waals surface area contributed by atoms with E-state index in [1.165, 1.54) is 0 Å².